The standard InChI is InChI=1S/C11H11FN2O4/c1-2-14(10(16)11(17)18)7-5-3-4-6(12)8(7)9(13)15/h3-5H,2H2,1H3,(H2,13,15)(H,17,18). The summed E-state index contributed by atoms with van der Waals surface area (Å²) in [5.41, 5.74) is 4.36. The smallest absolute Gasteiger partial charge is 0.394 e. The van der Waals surface area contributed by atoms with E-state index in [9.17, 15) is 18.8 Å². The van der Waals surface area contributed by atoms with Crippen LogP contribution in [0.2, 0.25) is 0 Å². The molecule has 0 fully saturated rings. The van der Waals surface area contributed by atoms with Gasteiger partial charge >= 0.3 is 11.9 Å². The zero-order chi connectivity index (χ0) is 13.9. The Morgan fingerprint density at radius 3 is 2.44 bits per heavy atom. The maximum atomic E-state index is 13.5. The summed E-state index contributed by atoms with van der Waals surface area (Å²) in [6.45, 7) is 1.46. The van der Waals surface area contributed by atoms with Crippen molar-refractivity contribution in [1.82, 2.24) is 0 Å². The highest BCUT2D eigenvalue weighted by Gasteiger charge is 2.26. The predicted octanol–water partition coefficient (Wildman–Crippen LogP) is 0.362. The molecule has 1 aromatic carbocycles. The van der Waals surface area contributed by atoms with Crippen molar-refractivity contribution in [3.63, 3.8) is 0 Å². The van der Waals surface area contributed by atoms with Crippen LogP contribution in [0.15, 0.2) is 18.2 Å². The monoisotopic (exact) mass is 254 g/mol. The maximum Gasteiger partial charge on any atom is 0.394 e. The molecule has 1 aromatic rings. The van der Waals surface area contributed by atoms with Crippen molar-refractivity contribution in [3.8, 4) is 0 Å². The first-order valence-electron chi connectivity index (χ1n) is 5.03. The van der Waals surface area contributed by atoms with Gasteiger partial charge in [-0.05, 0) is 19.1 Å². The average Bonchev–Trinajstić information content (AvgIpc) is 2.29. The van der Waals surface area contributed by atoms with E-state index in [0.717, 1.165) is 11.0 Å². The number of carboxylic acid groups (broad SMARTS) is 1. The second kappa shape index (κ2) is 5.26. The summed E-state index contributed by atoms with van der Waals surface area (Å²) >= 11 is 0. The molecule has 0 aliphatic rings. The van der Waals surface area contributed by atoms with E-state index in [1.807, 2.05) is 0 Å². The van der Waals surface area contributed by atoms with Crippen LogP contribution in [0.1, 0.15) is 17.3 Å². The highest BCUT2D eigenvalue weighted by atomic mass is 19.1. The summed E-state index contributed by atoms with van der Waals surface area (Å²) in [5, 5.41) is 8.64. The summed E-state index contributed by atoms with van der Waals surface area (Å²) < 4.78 is 13.5. The Morgan fingerprint density at radius 1 is 1.39 bits per heavy atom. The number of rotatable bonds is 3. The molecule has 0 aliphatic carbocycles. The number of carboxylic acids is 1. The van der Waals surface area contributed by atoms with Gasteiger partial charge in [-0.3, -0.25) is 9.59 Å². The van der Waals surface area contributed by atoms with Crippen molar-refractivity contribution >= 4 is 23.5 Å². The molecule has 0 saturated carbocycles. The van der Waals surface area contributed by atoms with Crippen LogP contribution in [0.25, 0.3) is 0 Å². The minimum Gasteiger partial charge on any atom is -0.474 e. The Hall–Kier alpha value is -2.44. The van der Waals surface area contributed by atoms with Gasteiger partial charge in [0, 0.05) is 6.54 Å². The normalized spacial score (nSPS) is 9.89. The van der Waals surface area contributed by atoms with E-state index in [0.29, 0.717) is 0 Å². The molecule has 18 heavy (non-hydrogen) atoms. The fraction of sp³-hybridized carbons (Fsp3) is 0.182. The average molecular weight is 254 g/mol. The number of carbonyl (C=O) groups excluding carboxylic acids is 2. The van der Waals surface area contributed by atoms with Gasteiger partial charge in [-0.15, -0.1) is 0 Å². The van der Waals surface area contributed by atoms with Crippen LogP contribution in [-0.2, 0) is 9.59 Å². The van der Waals surface area contributed by atoms with Crippen molar-refractivity contribution in [3.05, 3.63) is 29.6 Å². The number of nitrogens with two attached hydrogens (primary N) is 1. The summed E-state index contributed by atoms with van der Waals surface area (Å²) in [4.78, 5) is 34.0. The lowest BCUT2D eigenvalue weighted by atomic mass is 10.1. The number of hydrogen-bond acceptors (Lipinski definition) is 3. The van der Waals surface area contributed by atoms with Gasteiger partial charge < -0.3 is 15.7 Å². The maximum absolute atomic E-state index is 13.5. The number of carbonyl (C=O) groups is 3. The van der Waals surface area contributed by atoms with Crippen molar-refractivity contribution < 1.29 is 23.9 Å². The number of hydrogen-bond donors (Lipinski definition) is 2. The van der Waals surface area contributed by atoms with Crippen LogP contribution >= 0.6 is 0 Å². The number of halogens is 1. The third-order valence-corrected chi connectivity index (χ3v) is 2.27. The van der Waals surface area contributed by atoms with Gasteiger partial charge in [0.2, 0.25) is 0 Å². The molecule has 2 amide bonds. The number of nitrogens with zero attached hydrogens (tertiary/aromatic N) is 1. The molecule has 0 unspecified atom stereocenters. The van der Waals surface area contributed by atoms with Gasteiger partial charge in [0.15, 0.2) is 0 Å². The Morgan fingerprint density at radius 2 is 2.00 bits per heavy atom. The highest BCUT2D eigenvalue weighted by Crippen LogP contribution is 2.23. The molecule has 0 atom stereocenters. The molecular formula is C11H11FN2O4. The van der Waals surface area contributed by atoms with Crippen molar-refractivity contribution in [1.29, 1.82) is 0 Å². The third-order valence-electron chi connectivity index (χ3n) is 2.27. The lowest BCUT2D eigenvalue weighted by Crippen LogP contribution is -2.38. The number of anilines is 1. The molecule has 0 spiro atoms. The fourth-order valence-corrected chi connectivity index (χ4v) is 1.52. The van der Waals surface area contributed by atoms with Crippen LogP contribution in [0, 0.1) is 5.82 Å². The highest BCUT2D eigenvalue weighted by molar-refractivity contribution is 6.37. The minimum atomic E-state index is -1.70. The topological polar surface area (TPSA) is 101 Å². The van der Waals surface area contributed by atoms with E-state index < -0.39 is 29.2 Å². The van der Waals surface area contributed by atoms with E-state index in [4.69, 9.17) is 10.8 Å². The van der Waals surface area contributed by atoms with E-state index >= 15 is 0 Å². The van der Waals surface area contributed by atoms with Crippen LogP contribution in [0.4, 0.5) is 10.1 Å². The molecule has 0 aliphatic heterocycles. The van der Waals surface area contributed by atoms with E-state index in [1.54, 1.807) is 0 Å². The van der Waals surface area contributed by atoms with Gasteiger partial charge in [0.05, 0.1) is 11.3 Å². The SMILES string of the molecule is CCN(C(=O)C(=O)O)c1cccc(F)c1C(N)=O. The lowest BCUT2D eigenvalue weighted by Gasteiger charge is -2.21. The molecule has 1 rings (SSSR count). The second-order valence-corrected chi connectivity index (χ2v) is 3.35. The second-order valence-electron chi connectivity index (χ2n) is 3.35. The number of primary amides is 1. The molecule has 0 bridgehead atoms. The Kier molecular flexibility index (Phi) is 3.98. The molecule has 0 aromatic heterocycles. The number of benzene rings is 1. The van der Waals surface area contributed by atoms with Crippen LogP contribution in [0.5, 0.6) is 0 Å². The van der Waals surface area contributed by atoms with E-state index in [1.165, 1.54) is 19.1 Å². The molecule has 7 heteroatoms. The largest absolute Gasteiger partial charge is 0.474 e. The zero-order valence-electron chi connectivity index (χ0n) is 9.51. The number of aliphatic carboxylic acids is 1. The lowest BCUT2D eigenvalue weighted by molar-refractivity contribution is -0.148. The molecule has 0 radical (unpaired) electrons. The Balaban J connectivity index is 3.39. The first-order chi connectivity index (χ1) is 8.40. The minimum absolute atomic E-state index is 0.0329. The van der Waals surface area contributed by atoms with E-state index in [2.05, 4.69) is 0 Å². The van der Waals surface area contributed by atoms with Gasteiger partial charge in [-0.2, -0.15) is 0 Å². The van der Waals surface area contributed by atoms with Crippen molar-refractivity contribution in [2.24, 2.45) is 5.73 Å². The predicted molar refractivity (Wildman–Crippen MR) is 60.6 cm³/mol. The van der Waals surface area contributed by atoms with Gasteiger partial charge in [0.25, 0.3) is 5.91 Å². The molecule has 3 N–H and O–H groups in total. The number of amides is 2. The van der Waals surface area contributed by atoms with Crippen LogP contribution in [0.3, 0.4) is 0 Å². The summed E-state index contributed by atoms with van der Waals surface area (Å²) in [6, 6.07) is 3.52. The molecule has 0 saturated heterocycles. The first-order valence-corrected chi connectivity index (χ1v) is 5.03. The van der Waals surface area contributed by atoms with Crippen LogP contribution in [-0.4, -0.2) is 29.4 Å². The van der Waals surface area contributed by atoms with Gasteiger partial charge in [0.1, 0.15) is 5.82 Å². The van der Waals surface area contributed by atoms with E-state index in [-0.39, 0.29) is 12.2 Å². The first kappa shape index (κ1) is 13.6. The Labute approximate surface area is 102 Å². The number of likely N-dealkylation sites (N-methyl/N-ethyl adjacent to an activating group) is 1. The molecule has 96 valence electrons. The van der Waals surface area contributed by atoms with Crippen molar-refractivity contribution in [2.75, 3.05) is 11.4 Å². The van der Waals surface area contributed by atoms with Crippen LogP contribution < -0.4 is 10.6 Å². The molecule has 6 nitrogen and oxygen atoms in total. The quantitative estimate of drug-likeness (QED) is 0.760. The molecular weight excluding hydrogens is 243 g/mol. The molecule has 0 heterocycles. The van der Waals surface area contributed by atoms with Gasteiger partial charge in [-0.1, -0.05) is 6.07 Å². The van der Waals surface area contributed by atoms with Crippen molar-refractivity contribution in [2.45, 2.75) is 6.92 Å². The summed E-state index contributed by atoms with van der Waals surface area (Å²) in [7, 11) is 0. The third kappa shape index (κ3) is 2.45. The zero-order valence-corrected chi connectivity index (χ0v) is 9.51. The summed E-state index contributed by atoms with van der Waals surface area (Å²) in [5.74, 6) is -4.93. The Bertz CT molecular complexity index is 516. The summed E-state index contributed by atoms with van der Waals surface area (Å²) in [6.07, 6.45) is 0. The fourth-order valence-electron chi connectivity index (χ4n) is 1.52. The van der Waals surface area contributed by atoms with Gasteiger partial charge in [-0.25, -0.2) is 9.18 Å².